The lowest BCUT2D eigenvalue weighted by molar-refractivity contribution is 0.708. The number of benzene rings is 2. The number of fused-ring (bicyclic) bond motifs is 3. The molecule has 1 aromatic heterocycles. The first-order valence-electron chi connectivity index (χ1n) is 8.03. The summed E-state index contributed by atoms with van der Waals surface area (Å²) in [5.74, 6) is 0.762. The maximum absolute atomic E-state index is 4.74. The molecule has 0 bridgehead atoms. The number of aromatic nitrogens is 1. The summed E-state index contributed by atoms with van der Waals surface area (Å²) in [5.41, 5.74) is 4.98. The van der Waals surface area contributed by atoms with Gasteiger partial charge in [-0.2, -0.15) is 0 Å². The molecule has 0 amide bonds. The molecule has 22 heavy (non-hydrogen) atoms. The average molecular weight is 307 g/mol. The van der Waals surface area contributed by atoms with Gasteiger partial charge in [0.1, 0.15) is 0 Å². The maximum atomic E-state index is 4.74. The predicted molar refractivity (Wildman–Crippen MR) is 97.8 cm³/mol. The zero-order chi connectivity index (χ0) is 15.5. The van der Waals surface area contributed by atoms with E-state index in [2.05, 4.69) is 58.0 Å². The van der Waals surface area contributed by atoms with Crippen LogP contribution in [0.3, 0.4) is 0 Å². The second-order valence-electron chi connectivity index (χ2n) is 6.69. The zero-order valence-corrected chi connectivity index (χ0v) is 14.4. The van der Waals surface area contributed by atoms with Crippen LogP contribution in [-0.2, 0) is 5.41 Å². The Bertz CT molecular complexity index is 1010. The smallest absolute Gasteiger partial charge is 0.0899 e. The van der Waals surface area contributed by atoms with E-state index in [9.17, 15) is 0 Å². The van der Waals surface area contributed by atoms with Crippen LogP contribution < -0.4 is 10.4 Å². The highest BCUT2D eigenvalue weighted by atomic mass is 32.1. The van der Waals surface area contributed by atoms with Crippen LogP contribution in [0.2, 0.25) is 0 Å². The predicted octanol–water partition coefficient (Wildman–Crippen LogP) is 4.35. The van der Waals surface area contributed by atoms with Gasteiger partial charge in [0, 0.05) is 5.39 Å². The van der Waals surface area contributed by atoms with E-state index >= 15 is 0 Å². The molecule has 0 radical (unpaired) electrons. The van der Waals surface area contributed by atoms with Crippen molar-refractivity contribution in [3.63, 3.8) is 0 Å². The summed E-state index contributed by atoms with van der Waals surface area (Å²) in [7, 11) is 0. The lowest BCUT2D eigenvalue weighted by Gasteiger charge is -2.15. The Balaban J connectivity index is 2.31. The third-order valence-electron chi connectivity index (χ3n) is 5.54. The second kappa shape index (κ2) is 4.66. The molecule has 1 aliphatic carbocycles. The van der Waals surface area contributed by atoms with E-state index in [4.69, 9.17) is 4.98 Å². The van der Waals surface area contributed by atoms with Crippen molar-refractivity contribution in [2.75, 3.05) is 0 Å². The molecule has 112 valence electrons. The van der Waals surface area contributed by atoms with Gasteiger partial charge in [0.15, 0.2) is 0 Å². The fourth-order valence-corrected chi connectivity index (χ4v) is 4.83. The fraction of sp³-hybridized carbons (Fsp3) is 0.350. The molecule has 0 spiro atoms. The quantitative estimate of drug-likeness (QED) is 0.651. The third-order valence-corrected chi connectivity index (χ3v) is 6.40. The SMILES string of the molecule is C/C=c1\c(=C/C)c2scnc2c2c(C3(C)CC3C)cccc12. The molecule has 2 heteroatoms. The van der Waals surface area contributed by atoms with Crippen LogP contribution in [0.1, 0.15) is 39.7 Å². The molecular weight excluding hydrogens is 286 g/mol. The van der Waals surface area contributed by atoms with Crippen LogP contribution in [0.25, 0.3) is 33.1 Å². The summed E-state index contributed by atoms with van der Waals surface area (Å²) < 4.78 is 1.33. The molecule has 1 nitrogen and oxygen atoms in total. The number of nitrogens with zero attached hydrogens (tertiary/aromatic N) is 1. The summed E-state index contributed by atoms with van der Waals surface area (Å²) in [6.45, 7) is 9.03. The van der Waals surface area contributed by atoms with Gasteiger partial charge < -0.3 is 0 Å². The lowest BCUT2D eigenvalue weighted by Crippen LogP contribution is -2.26. The van der Waals surface area contributed by atoms with Gasteiger partial charge in [-0.15, -0.1) is 11.3 Å². The van der Waals surface area contributed by atoms with Crippen LogP contribution >= 0.6 is 11.3 Å². The minimum Gasteiger partial charge on any atom is -0.244 e. The first kappa shape index (κ1) is 14.0. The van der Waals surface area contributed by atoms with Crippen LogP contribution in [0.4, 0.5) is 0 Å². The van der Waals surface area contributed by atoms with Crippen LogP contribution in [0.5, 0.6) is 0 Å². The van der Waals surface area contributed by atoms with Crippen molar-refractivity contribution in [1.82, 2.24) is 4.98 Å². The Hall–Kier alpha value is -1.67. The third kappa shape index (κ3) is 1.67. The van der Waals surface area contributed by atoms with E-state index in [-0.39, 0.29) is 0 Å². The van der Waals surface area contributed by atoms with Gasteiger partial charge in [0.05, 0.1) is 15.7 Å². The van der Waals surface area contributed by atoms with Gasteiger partial charge in [0.25, 0.3) is 0 Å². The fourth-order valence-electron chi connectivity index (χ4n) is 3.94. The monoisotopic (exact) mass is 307 g/mol. The Labute approximate surface area is 135 Å². The largest absolute Gasteiger partial charge is 0.244 e. The maximum Gasteiger partial charge on any atom is 0.0899 e. The highest BCUT2D eigenvalue weighted by Gasteiger charge is 2.48. The Morgan fingerprint density at radius 1 is 1.23 bits per heavy atom. The molecule has 2 unspecified atom stereocenters. The van der Waals surface area contributed by atoms with Crippen LogP contribution in [0, 0.1) is 5.92 Å². The number of hydrogen-bond acceptors (Lipinski definition) is 2. The van der Waals surface area contributed by atoms with Crippen molar-refractivity contribution in [3.8, 4) is 0 Å². The van der Waals surface area contributed by atoms with Crippen molar-refractivity contribution in [1.29, 1.82) is 0 Å². The molecule has 2 atom stereocenters. The molecule has 0 N–H and O–H groups in total. The molecule has 0 saturated heterocycles. The van der Waals surface area contributed by atoms with Crippen molar-refractivity contribution in [2.45, 2.75) is 39.5 Å². The standard InChI is InChI=1S/C20H21NS/c1-5-13-14(6-2)19-18(21-11-22-19)17-15(13)8-7-9-16(17)20(4)10-12(20)3/h5-9,11-12H,10H2,1-4H3/b13-5+,14-6+. The first-order valence-corrected chi connectivity index (χ1v) is 8.91. The average Bonchev–Trinajstić information content (AvgIpc) is 2.94. The van der Waals surface area contributed by atoms with Gasteiger partial charge in [-0.05, 0) is 53.0 Å². The summed E-state index contributed by atoms with van der Waals surface area (Å²) >= 11 is 1.76. The van der Waals surface area contributed by atoms with E-state index in [1.165, 1.54) is 43.4 Å². The lowest BCUT2D eigenvalue weighted by atomic mass is 9.89. The van der Waals surface area contributed by atoms with Gasteiger partial charge in [0.2, 0.25) is 0 Å². The summed E-state index contributed by atoms with van der Waals surface area (Å²) in [6.07, 6.45) is 5.76. The molecule has 2 aromatic carbocycles. The Morgan fingerprint density at radius 2 is 1.95 bits per heavy atom. The Kier molecular flexibility index (Phi) is 2.96. The zero-order valence-electron chi connectivity index (χ0n) is 13.6. The van der Waals surface area contributed by atoms with E-state index in [0.717, 1.165) is 5.92 Å². The minimum atomic E-state index is 0.318. The first-order chi connectivity index (χ1) is 10.6. The van der Waals surface area contributed by atoms with E-state index < -0.39 is 0 Å². The topological polar surface area (TPSA) is 12.9 Å². The molecule has 1 saturated carbocycles. The molecule has 0 aliphatic heterocycles. The van der Waals surface area contributed by atoms with E-state index in [1.54, 1.807) is 11.3 Å². The van der Waals surface area contributed by atoms with Gasteiger partial charge in [-0.3, -0.25) is 0 Å². The van der Waals surface area contributed by atoms with Crippen molar-refractivity contribution < 1.29 is 0 Å². The number of rotatable bonds is 1. The highest BCUT2D eigenvalue weighted by Crippen LogP contribution is 2.55. The van der Waals surface area contributed by atoms with Crippen LogP contribution in [-0.4, -0.2) is 4.98 Å². The van der Waals surface area contributed by atoms with Crippen molar-refractivity contribution in [3.05, 3.63) is 39.7 Å². The second-order valence-corrected chi connectivity index (χ2v) is 7.54. The minimum absolute atomic E-state index is 0.318. The molecule has 3 aromatic rings. The van der Waals surface area contributed by atoms with E-state index in [1.807, 2.05) is 5.51 Å². The van der Waals surface area contributed by atoms with Gasteiger partial charge >= 0.3 is 0 Å². The molecular formula is C20H21NS. The number of hydrogen-bond donors (Lipinski definition) is 0. The van der Waals surface area contributed by atoms with Crippen molar-refractivity contribution >= 4 is 44.5 Å². The molecule has 1 fully saturated rings. The molecule has 1 heterocycles. The van der Waals surface area contributed by atoms with Crippen LogP contribution in [0.15, 0.2) is 23.7 Å². The summed E-state index contributed by atoms with van der Waals surface area (Å²) in [6, 6.07) is 6.80. The molecule has 1 aliphatic rings. The Morgan fingerprint density at radius 3 is 2.59 bits per heavy atom. The van der Waals surface area contributed by atoms with E-state index in [0.29, 0.717) is 5.41 Å². The number of thiazole rings is 1. The summed E-state index contributed by atoms with van der Waals surface area (Å²) in [4.78, 5) is 4.74. The van der Waals surface area contributed by atoms with Gasteiger partial charge in [-0.1, -0.05) is 44.2 Å². The van der Waals surface area contributed by atoms with Crippen molar-refractivity contribution in [2.24, 2.45) is 5.92 Å². The van der Waals surface area contributed by atoms with Gasteiger partial charge in [-0.25, -0.2) is 4.98 Å². The highest BCUT2D eigenvalue weighted by molar-refractivity contribution is 7.16. The normalized spacial score (nSPS) is 26.3. The molecule has 4 rings (SSSR count). The summed E-state index contributed by atoms with van der Waals surface area (Å²) in [5, 5.41) is 5.42.